The molecule has 0 atom stereocenters. The number of halogens is 1. The lowest BCUT2D eigenvalue weighted by Gasteiger charge is -2.09. The van der Waals surface area contributed by atoms with Gasteiger partial charge in [-0.05, 0) is 18.2 Å². The van der Waals surface area contributed by atoms with Gasteiger partial charge < -0.3 is 15.0 Å². The fraction of sp³-hybridized carbons (Fsp3) is 0.182. The zero-order valence-electron chi connectivity index (χ0n) is 9.59. The van der Waals surface area contributed by atoms with Crippen LogP contribution < -0.4 is 5.32 Å². The molecule has 2 aromatic rings. The first-order valence-corrected chi connectivity index (χ1v) is 5.55. The van der Waals surface area contributed by atoms with Crippen LogP contribution in [0, 0.1) is 0 Å². The number of nitrogens with one attached hydrogen (secondary N) is 1. The molecule has 2 N–H and O–H groups in total. The molecule has 7 heteroatoms. The number of rotatable bonds is 4. The van der Waals surface area contributed by atoms with E-state index in [1.165, 1.54) is 6.07 Å². The molecule has 0 aliphatic heterocycles. The van der Waals surface area contributed by atoms with Gasteiger partial charge in [0.15, 0.2) is 5.82 Å². The SMILES string of the molecule is Cn1cnnc1CNc1cc(Cl)ccc1C(=O)O. The van der Waals surface area contributed by atoms with Crippen LogP contribution in [0.4, 0.5) is 5.69 Å². The molecule has 1 aromatic heterocycles. The molecule has 18 heavy (non-hydrogen) atoms. The van der Waals surface area contributed by atoms with E-state index in [9.17, 15) is 4.79 Å². The van der Waals surface area contributed by atoms with Crippen LogP contribution in [0.3, 0.4) is 0 Å². The fourth-order valence-corrected chi connectivity index (χ4v) is 1.66. The summed E-state index contributed by atoms with van der Waals surface area (Å²) in [5, 5.41) is 20.2. The number of carboxylic acids is 1. The van der Waals surface area contributed by atoms with Crippen molar-refractivity contribution in [2.45, 2.75) is 6.54 Å². The summed E-state index contributed by atoms with van der Waals surface area (Å²) in [7, 11) is 1.81. The number of hydrogen-bond acceptors (Lipinski definition) is 4. The number of aryl methyl sites for hydroxylation is 1. The summed E-state index contributed by atoms with van der Waals surface area (Å²) in [4.78, 5) is 11.0. The Morgan fingerprint density at radius 2 is 2.33 bits per heavy atom. The lowest BCUT2D eigenvalue weighted by atomic mass is 10.2. The second-order valence-corrected chi connectivity index (χ2v) is 4.14. The van der Waals surface area contributed by atoms with Gasteiger partial charge >= 0.3 is 5.97 Å². The Morgan fingerprint density at radius 3 is 2.94 bits per heavy atom. The van der Waals surface area contributed by atoms with Crippen molar-refractivity contribution in [1.82, 2.24) is 14.8 Å². The van der Waals surface area contributed by atoms with Crippen LogP contribution in [-0.4, -0.2) is 25.8 Å². The molecule has 0 aliphatic carbocycles. The first-order valence-electron chi connectivity index (χ1n) is 5.17. The molecule has 6 nitrogen and oxygen atoms in total. The van der Waals surface area contributed by atoms with Crippen molar-refractivity contribution in [2.75, 3.05) is 5.32 Å². The van der Waals surface area contributed by atoms with Crippen LogP contribution in [0.2, 0.25) is 5.02 Å². The van der Waals surface area contributed by atoms with Gasteiger partial charge in [0.2, 0.25) is 0 Å². The molecule has 0 unspecified atom stereocenters. The largest absolute Gasteiger partial charge is 0.478 e. The van der Waals surface area contributed by atoms with E-state index in [-0.39, 0.29) is 5.56 Å². The van der Waals surface area contributed by atoms with Crippen LogP contribution >= 0.6 is 11.6 Å². The molecule has 0 aliphatic rings. The van der Waals surface area contributed by atoms with E-state index in [2.05, 4.69) is 15.5 Å². The highest BCUT2D eigenvalue weighted by molar-refractivity contribution is 6.31. The van der Waals surface area contributed by atoms with Crippen molar-refractivity contribution in [3.63, 3.8) is 0 Å². The van der Waals surface area contributed by atoms with E-state index >= 15 is 0 Å². The number of aromatic nitrogens is 3. The predicted molar refractivity (Wildman–Crippen MR) is 66.7 cm³/mol. The average Bonchev–Trinajstić information content (AvgIpc) is 2.72. The highest BCUT2D eigenvalue weighted by Crippen LogP contribution is 2.21. The molecule has 1 aromatic carbocycles. The molecule has 0 saturated carbocycles. The Hall–Kier alpha value is -2.08. The maximum atomic E-state index is 11.0. The highest BCUT2D eigenvalue weighted by atomic mass is 35.5. The van der Waals surface area contributed by atoms with Crippen molar-refractivity contribution in [1.29, 1.82) is 0 Å². The average molecular weight is 267 g/mol. The Kier molecular flexibility index (Phi) is 3.47. The van der Waals surface area contributed by atoms with Crippen LogP contribution in [0.25, 0.3) is 0 Å². The zero-order valence-corrected chi connectivity index (χ0v) is 10.3. The molecular formula is C11H11ClN4O2. The van der Waals surface area contributed by atoms with E-state index in [4.69, 9.17) is 16.7 Å². The Balaban J connectivity index is 2.20. The molecule has 0 radical (unpaired) electrons. The van der Waals surface area contributed by atoms with Gasteiger partial charge in [-0.3, -0.25) is 0 Å². The Morgan fingerprint density at radius 1 is 1.56 bits per heavy atom. The monoisotopic (exact) mass is 266 g/mol. The quantitative estimate of drug-likeness (QED) is 0.882. The third-order valence-electron chi connectivity index (χ3n) is 2.45. The summed E-state index contributed by atoms with van der Waals surface area (Å²) in [5.41, 5.74) is 0.625. The molecule has 2 rings (SSSR count). The number of anilines is 1. The summed E-state index contributed by atoms with van der Waals surface area (Å²) >= 11 is 5.85. The maximum absolute atomic E-state index is 11.0. The van der Waals surface area contributed by atoms with E-state index in [1.807, 2.05) is 7.05 Å². The normalized spacial score (nSPS) is 10.3. The van der Waals surface area contributed by atoms with E-state index in [0.717, 1.165) is 0 Å². The summed E-state index contributed by atoms with van der Waals surface area (Å²) in [6.45, 7) is 0.372. The van der Waals surface area contributed by atoms with Crippen molar-refractivity contribution in [3.05, 3.63) is 40.9 Å². The van der Waals surface area contributed by atoms with Gasteiger partial charge in [-0.2, -0.15) is 0 Å². The zero-order chi connectivity index (χ0) is 13.1. The predicted octanol–water partition coefficient (Wildman–Crippen LogP) is 1.78. The topological polar surface area (TPSA) is 80.0 Å². The molecule has 1 heterocycles. The third-order valence-corrected chi connectivity index (χ3v) is 2.69. The smallest absolute Gasteiger partial charge is 0.337 e. The first kappa shape index (κ1) is 12.4. The second-order valence-electron chi connectivity index (χ2n) is 3.71. The molecule has 0 bridgehead atoms. The van der Waals surface area contributed by atoms with Crippen LogP contribution in [0.15, 0.2) is 24.5 Å². The van der Waals surface area contributed by atoms with Gasteiger partial charge in [-0.25, -0.2) is 4.79 Å². The molecule has 94 valence electrons. The molecule has 0 fully saturated rings. The highest BCUT2D eigenvalue weighted by Gasteiger charge is 2.11. The van der Waals surface area contributed by atoms with Crippen molar-refractivity contribution >= 4 is 23.3 Å². The minimum atomic E-state index is -1.01. The van der Waals surface area contributed by atoms with Gasteiger partial charge in [0, 0.05) is 12.1 Å². The molecule has 0 saturated heterocycles. The summed E-state index contributed by atoms with van der Waals surface area (Å²) in [6, 6.07) is 4.57. The van der Waals surface area contributed by atoms with Gasteiger partial charge in [0.1, 0.15) is 6.33 Å². The third kappa shape index (κ3) is 2.60. The molecule has 0 spiro atoms. The van der Waals surface area contributed by atoms with Gasteiger partial charge in [0.05, 0.1) is 17.8 Å². The van der Waals surface area contributed by atoms with Gasteiger partial charge in [-0.1, -0.05) is 11.6 Å². The standard InChI is InChI=1S/C11H11ClN4O2/c1-16-6-14-15-10(16)5-13-9-4-7(12)2-3-8(9)11(17)18/h2-4,6,13H,5H2,1H3,(H,17,18). The summed E-state index contributed by atoms with van der Waals surface area (Å²) < 4.78 is 1.75. The van der Waals surface area contributed by atoms with Crippen molar-refractivity contribution in [2.24, 2.45) is 7.05 Å². The van der Waals surface area contributed by atoms with Crippen LogP contribution in [-0.2, 0) is 13.6 Å². The van der Waals surface area contributed by atoms with Gasteiger partial charge in [-0.15, -0.1) is 10.2 Å². The molecule has 0 amide bonds. The van der Waals surface area contributed by atoms with E-state index in [1.54, 1.807) is 23.0 Å². The Labute approximate surface area is 108 Å². The van der Waals surface area contributed by atoms with Gasteiger partial charge in [0.25, 0.3) is 0 Å². The van der Waals surface area contributed by atoms with Crippen LogP contribution in [0.1, 0.15) is 16.2 Å². The minimum absolute atomic E-state index is 0.168. The second kappa shape index (κ2) is 5.05. The number of benzene rings is 1. The van der Waals surface area contributed by atoms with E-state index in [0.29, 0.717) is 23.1 Å². The van der Waals surface area contributed by atoms with Crippen molar-refractivity contribution in [3.8, 4) is 0 Å². The fourth-order valence-electron chi connectivity index (χ4n) is 1.49. The Bertz CT molecular complexity index is 582. The summed E-state index contributed by atoms with van der Waals surface area (Å²) in [5.74, 6) is -0.307. The minimum Gasteiger partial charge on any atom is -0.478 e. The number of aromatic carboxylic acids is 1. The first-order chi connectivity index (χ1) is 8.58. The van der Waals surface area contributed by atoms with Crippen LogP contribution in [0.5, 0.6) is 0 Å². The number of nitrogens with zero attached hydrogens (tertiary/aromatic N) is 3. The lowest BCUT2D eigenvalue weighted by molar-refractivity contribution is 0.0698. The summed E-state index contributed by atoms with van der Waals surface area (Å²) in [6.07, 6.45) is 1.58. The number of carbonyl (C=O) groups is 1. The van der Waals surface area contributed by atoms with E-state index < -0.39 is 5.97 Å². The number of hydrogen-bond donors (Lipinski definition) is 2. The number of carboxylic acid groups (broad SMARTS) is 1. The molecular weight excluding hydrogens is 256 g/mol. The lowest BCUT2D eigenvalue weighted by Crippen LogP contribution is -2.09. The van der Waals surface area contributed by atoms with Crippen molar-refractivity contribution < 1.29 is 9.90 Å². The maximum Gasteiger partial charge on any atom is 0.337 e.